The average molecular weight is 417 g/mol. The highest BCUT2D eigenvalue weighted by molar-refractivity contribution is 5.10. The first kappa shape index (κ1) is 22.8. The fourth-order valence-corrected chi connectivity index (χ4v) is 9.13. The summed E-state index contributed by atoms with van der Waals surface area (Å²) in [5.74, 6) is 5.04. The molecule has 0 heterocycles. The molecule has 0 aromatic carbocycles. The first-order chi connectivity index (χ1) is 14.2. The highest BCUT2D eigenvalue weighted by atomic mass is 16.3. The van der Waals surface area contributed by atoms with Gasteiger partial charge in [-0.25, -0.2) is 0 Å². The summed E-state index contributed by atoms with van der Waals surface area (Å²) in [7, 11) is 0. The van der Waals surface area contributed by atoms with Gasteiger partial charge < -0.3 is 10.2 Å². The van der Waals surface area contributed by atoms with Gasteiger partial charge in [0.15, 0.2) is 0 Å². The maximum atomic E-state index is 10.3. The second-order valence-electron chi connectivity index (χ2n) is 12.6. The molecule has 4 fully saturated rings. The third-order valence-electron chi connectivity index (χ3n) is 11.2. The molecular weight excluding hydrogens is 368 g/mol. The molecule has 0 aliphatic heterocycles. The molecule has 0 amide bonds. The van der Waals surface area contributed by atoms with Crippen LogP contribution in [0, 0.1) is 52.3 Å². The Labute approximate surface area is 185 Å². The van der Waals surface area contributed by atoms with E-state index in [1.807, 2.05) is 0 Å². The van der Waals surface area contributed by atoms with E-state index in [1.165, 1.54) is 50.5 Å². The van der Waals surface area contributed by atoms with Gasteiger partial charge in [0.2, 0.25) is 0 Å². The van der Waals surface area contributed by atoms with Gasteiger partial charge >= 0.3 is 0 Å². The standard InChI is InChI=1S/C28H48O2/c1-18(2)19(3)6-7-20(17-29)24-10-11-25-23-9-8-21-16-22(30)12-14-27(21,4)26(23)13-15-28(24,25)5/h18,20-26,29-30H,3,6-17H2,1-2,4-5H3. The second kappa shape index (κ2) is 8.54. The number of fused-ring (bicyclic) bond motifs is 5. The van der Waals surface area contributed by atoms with E-state index in [0.29, 0.717) is 35.2 Å². The molecule has 2 nitrogen and oxygen atoms in total. The molecule has 4 rings (SSSR count). The number of hydrogen-bond donors (Lipinski definition) is 2. The number of allylic oxidation sites excluding steroid dienone is 1. The zero-order valence-electron chi connectivity index (χ0n) is 20.2. The van der Waals surface area contributed by atoms with Crippen LogP contribution in [0.2, 0.25) is 0 Å². The van der Waals surface area contributed by atoms with Crippen molar-refractivity contribution in [3.05, 3.63) is 12.2 Å². The second-order valence-corrected chi connectivity index (χ2v) is 12.6. The topological polar surface area (TPSA) is 40.5 Å². The molecular formula is C28H48O2. The minimum Gasteiger partial charge on any atom is -0.396 e. The van der Waals surface area contributed by atoms with Gasteiger partial charge in [0.25, 0.3) is 0 Å². The SMILES string of the molecule is C=C(CCC(CO)C1CCC2C3CCC4CC(O)CCC4(C)C3CCC12C)C(C)C. The van der Waals surface area contributed by atoms with Crippen LogP contribution in [-0.4, -0.2) is 22.9 Å². The summed E-state index contributed by atoms with van der Waals surface area (Å²) in [5.41, 5.74) is 2.24. The van der Waals surface area contributed by atoms with Gasteiger partial charge in [-0.2, -0.15) is 0 Å². The molecule has 0 radical (unpaired) electrons. The molecule has 9 unspecified atom stereocenters. The summed E-state index contributed by atoms with van der Waals surface area (Å²) in [6.07, 6.45) is 13.6. The molecule has 0 aromatic heterocycles. The summed E-state index contributed by atoms with van der Waals surface area (Å²) >= 11 is 0. The number of aliphatic hydroxyl groups is 2. The number of rotatable bonds is 6. The molecule has 4 aliphatic carbocycles. The average Bonchev–Trinajstić information content (AvgIpc) is 3.06. The van der Waals surface area contributed by atoms with Gasteiger partial charge in [-0.05, 0) is 123 Å². The van der Waals surface area contributed by atoms with Gasteiger partial charge in [-0.15, -0.1) is 0 Å². The third kappa shape index (κ3) is 3.72. The predicted molar refractivity (Wildman–Crippen MR) is 125 cm³/mol. The molecule has 0 aromatic rings. The van der Waals surface area contributed by atoms with Crippen molar-refractivity contribution in [2.45, 2.75) is 104 Å². The van der Waals surface area contributed by atoms with Gasteiger partial charge in [0, 0.05) is 6.61 Å². The van der Waals surface area contributed by atoms with Crippen LogP contribution in [0.3, 0.4) is 0 Å². The Hall–Kier alpha value is -0.340. The van der Waals surface area contributed by atoms with Crippen LogP contribution in [0.5, 0.6) is 0 Å². The molecule has 0 spiro atoms. The van der Waals surface area contributed by atoms with Crippen molar-refractivity contribution < 1.29 is 10.2 Å². The van der Waals surface area contributed by atoms with Crippen molar-refractivity contribution in [3.8, 4) is 0 Å². The monoisotopic (exact) mass is 416 g/mol. The van der Waals surface area contributed by atoms with E-state index in [2.05, 4.69) is 34.3 Å². The molecule has 0 bridgehead atoms. The Bertz CT molecular complexity index is 626. The lowest BCUT2D eigenvalue weighted by Crippen LogP contribution is -2.54. The quantitative estimate of drug-likeness (QED) is 0.478. The Morgan fingerprint density at radius 2 is 1.67 bits per heavy atom. The molecule has 172 valence electrons. The van der Waals surface area contributed by atoms with Gasteiger partial charge in [0.1, 0.15) is 0 Å². The predicted octanol–water partition coefficient (Wildman–Crippen LogP) is 6.61. The fraction of sp³-hybridized carbons (Fsp3) is 0.929. The maximum absolute atomic E-state index is 10.3. The summed E-state index contributed by atoms with van der Waals surface area (Å²) in [6, 6.07) is 0. The summed E-state index contributed by atoms with van der Waals surface area (Å²) < 4.78 is 0. The lowest BCUT2D eigenvalue weighted by atomic mass is 9.44. The minimum atomic E-state index is -0.0461. The zero-order chi connectivity index (χ0) is 21.7. The highest BCUT2D eigenvalue weighted by Crippen LogP contribution is 2.68. The largest absolute Gasteiger partial charge is 0.396 e. The van der Waals surface area contributed by atoms with Crippen LogP contribution < -0.4 is 0 Å². The highest BCUT2D eigenvalue weighted by Gasteiger charge is 2.60. The Morgan fingerprint density at radius 1 is 0.967 bits per heavy atom. The van der Waals surface area contributed by atoms with E-state index in [-0.39, 0.29) is 6.10 Å². The smallest absolute Gasteiger partial charge is 0.0543 e. The Kier molecular flexibility index (Phi) is 6.50. The molecule has 0 saturated heterocycles. The molecule has 4 aliphatic rings. The van der Waals surface area contributed by atoms with Gasteiger partial charge in [0.05, 0.1) is 6.10 Å². The van der Waals surface area contributed by atoms with E-state index in [4.69, 9.17) is 0 Å². The third-order valence-corrected chi connectivity index (χ3v) is 11.2. The Morgan fingerprint density at radius 3 is 2.37 bits per heavy atom. The molecule has 2 heteroatoms. The van der Waals surface area contributed by atoms with Crippen LogP contribution in [0.25, 0.3) is 0 Å². The lowest BCUT2D eigenvalue weighted by molar-refractivity contribution is -0.130. The van der Waals surface area contributed by atoms with Gasteiger partial charge in [-0.3, -0.25) is 0 Å². The number of hydrogen-bond acceptors (Lipinski definition) is 2. The van der Waals surface area contributed by atoms with Crippen molar-refractivity contribution in [3.63, 3.8) is 0 Å². The van der Waals surface area contributed by atoms with Crippen LogP contribution in [-0.2, 0) is 0 Å². The van der Waals surface area contributed by atoms with Crippen molar-refractivity contribution >= 4 is 0 Å². The van der Waals surface area contributed by atoms with Gasteiger partial charge in [-0.1, -0.05) is 39.8 Å². The lowest BCUT2D eigenvalue weighted by Gasteiger charge is -2.61. The minimum absolute atomic E-state index is 0.0461. The van der Waals surface area contributed by atoms with Crippen LogP contribution >= 0.6 is 0 Å². The fourth-order valence-electron chi connectivity index (χ4n) is 9.13. The van der Waals surface area contributed by atoms with Crippen molar-refractivity contribution in [2.75, 3.05) is 6.61 Å². The van der Waals surface area contributed by atoms with E-state index >= 15 is 0 Å². The normalized spacial score (nSPS) is 46.8. The first-order valence-electron chi connectivity index (χ1n) is 13.2. The molecule has 30 heavy (non-hydrogen) atoms. The zero-order valence-corrected chi connectivity index (χ0v) is 20.2. The first-order valence-corrected chi connectivity index (χ1v) is 13.2. The van der Waals surface area contributed by atoms with Crippen LogP contribution in [0.4, 0.5) is 0 Å². The molecule has 9 atom stereocenters. The summed E-state index contributed by atoms with van der Waals surface area (Å²) in [5, 5.41) is 20.6. The molecule has 2 N–H and O–H groups in total. The summed E-state index contributed by atoms with van der Waals surface area (Å²) in [4.78, 5) is 0. The van der Waals surface area contributed by atoms with Crippen molar-refractivity contribution in [1.82, 2.24) is 0 Å². The van der Waals surface area contributed by atoms with E-state index < -0.39 is 0 Å². The number of aliphatic hydroxyl groups excluding tert-OH is 2. The maximum Gasteiger partial charge on any atom is 0.0543 e. The van der Waals surface area contributed by atoms with E-state index in [1.54, 1.807) is 0 Å². The van der Waals surface area contributed by atoms with Crippen LogP contribution in [0.1, 0.15) is 98.3 Å². The van der Waals surface area contributed by atoms with Crippen molar-refractivity contribution in [1.29, 1.82) is 0 Å². The Balaban J connectivity index is 1.49. The molecule has 4 saturated carbocycles. The summed E-state index contributed by atoms with van der Waals surface area (Å²) in [6.45, 7) is 14.3. The van der Waals surface area contributed by atoms with E-state index in [0.717, 1.165) is 49.4 Å². The van der Waals surface area contributed by atoms with E-state index in [9.17, 15) is 10.2 Å². The van der Waals surface area contributed by atoms with Crippen molar-refractivity contribution in [2.24, 2.45) is 52.3 Å². The van der Waals surface area contributed by atoms with Crippen LogP contribution in [0.15, 0.2) is 12.2 Å².